The first-order chi connectivity index (χ1) is 8.84. The molecule has 1 rings (SSSR count). The van der Waals surface area contributed by atoms with Crippen molar-refractivity contribution in [1.29, 1.82) is 0 Å². The molecule has 0 bridgehead atoms. The summed E-state index contributed by atoms with van der Waals surface area (Å²) in [7, 11) is 7.42. The van der Waals surface area contributed by atoms with Crippen molar-refractivity contribution in [3.63, 3.8) is 0 Å². The molecule has 0 radical (unpaired) electrons. The molecule has 0 spiro atoms. The lowest BCUT2D eigenvalue weighted by Crippen LogP contribution is -2.46. The van der Waals surface area contributed by atoms with Gasteiger partial charge in [0.1, 0.15) is 11.5 Å². The van der Waals surface area contributed by atoms with Crippen molar-refractivity contribution in [3.8, 4) is 11.5 Å². The summed E-state index contributed by atoms with van der Waals surface area (Å²) < 4.78 is 10.9. The van der Waals surface area contributed by atoms with Gasteiger partial charge in [-0.25, -0.2) is 0 Å². The average molecular weight is 266 g/mol. The van der Waals surface area contributed by atoms with Crippen LogP contribution in [0, 0.1) is 6.92 Å². The highest BCUT2D eigenvalue weighted by Crippen LogP contribution is 2.35. The first-order valence-electron chi connectivity index (χ1n) is 6.47. The Kier molecular flexibility index (Phi) is 5.06. The lowest BCUT2D eigenvalue weighted by molar-refractivity contribution is 0.395. The highest BCUT2D eigenvalue weighted by Gasteiger charge is 2.20. The van der Waals surface area contributed by atoms with E-state index >= 15 is 0 Å². The summed E-state index contributed by atoms with van der Waals surface area (Å²) in [6, 6.07) is 4.04. The summed E-state index contributed by atoms with van der Waals surface area (Å²) >= 11 is 0. The molecule has 108 valence electrons. The number of aryl methyl sites for hydroxylation is 1. The van der Waals surface area contributed by atoms with Crippen LogP contribution in [0.4, 0.5) is 5.69 Å². The van der Waals surface area contributed by atoms with Crippen LogP contribution in [0.5, 0.6) is 11.5 Å². The molecular formula is C15H26N2O2. The summed E-state index contributed by atoms with van der Waals surface area (Å²) in [5.74, 6) is 1.75. The second-order valence-corrected chi connectivity index (χ2v) is 5.48. The van der Waals surface area contributed by atoms with Crippen LogP contribution < -0.4 is 19.7 Å². The Labute approximate surface area is 116 Å². The van der Waals surface area contributed by atoms with E-state index in [4.69, 9.17) is 9.47 Å². The zero-order valence-corrected chi connectivity index (χ0v) is 13.1. The molecule has 0 amide bonds. The fourth-order valence-electron chi connectivity index (χ4n) is 2.09. The van der Waals surface area contributed by atoms with Crippen LogP contribution in [0.25, 0.3) is 0 Å². The molecular weight excluding hydrogens is 240 g/mol. The van der Waals surface area contributed by atoms with Crippen molar-refractivity contribution < 1.29 is 9.47 Å². The quantitative estimate of drug-likeness (QED) is 0.857. The van der Waals surface area contributed by atoms with E-state index in [1.54, 1.807) is 14.2 Å². The SMILES string of the molecule is CNC(C)(C)CN(C)c1cc(OC)c(C)cc1OC. The van der Waals surface area contributed by atoms with E-state index in [1.165, 1.54) is 0 Å². The number of hydrogen-bond donors (Lipinski definition) is 1. The van der Waals surface area contributed by atoms with Gasteiger partial charge in [-0.2, -0.15) is 0 Å². The maximum Gasteiger partial charge on any atom is 0.142 e. The Balaban J connectivity index is 3.10. The smallest absolute Gasteiger partial charge is 0.142 e. The normalized spacial score (nSPS) is 11.3. The average Bonchev–Trinajstić information content (AvgIpc) is 2.37. The Morgan fingerprint density at radius 1 is 1.16 bits per heavy atom. The first-order valence-corrected chi connectivity index (χ1v) is 6.47. The van der Waals surface area contributed by atoms with E-state index in [9.17, 15) is 0 Å². The van der Waals surface area contributed by atoms with Crippen molar-refractivity contribution >= 4 is 5.69 Å². The zero-order chi connectivity index (χ0) is 14.6. The molecule has 0 aliphatic carbocycles. The Morgan fingerprint density at radius 3 is 2.21 bits per heavy atom. The molecule has 1 aromatic carbocycles. The number of methoxy groups -OCH3 is 2. The molecule has 0 atom stereocenters. The monoisotopic (exact) mass is 266 g/mol. The van der Waals surface area contributed by atoms with Crippen LogP contribution >= 0.6 is 0 Å². The number of nitrogens with one attached hydrogen (secondary N) is 1. The molecule has 0 unspecified atom stereocenters. The fourth-order valence-corrected chi connectivity index (χ4v) is 2.09. The van der Waals surface area contributed by atoms with Gasteiger partial charge in [-0.15, -0.1) is 0 Å². The molecule has 4 heteroatoms. The van der Waals surface area contributed by atoms with Crippen LogP contribution in [-0.4, -0.2) is 40.4 Å². The van der Waals surface area contributed by atoms with Gasteiger partial charge in [0.25, 0.3) is 0 Å². The van der Waals surface area contributed by atoms with Gasteiger partial charge in [-0.3, -0.25) is 0 Å². The lowest BCUT2D eigenvalue weighted by atomic mass is 10.0. The summed E-state index contributed by atoms with van der Waals surface area (Å²) in [4.78, 5) is 2.18. The number of likely N-dealkylation sites (N-methyl/N-ethyl adjacent to an activating group) is 2. The zero-order valence-electron chi connectivity index (χ0n) is 13.1. The van der Waals surface area contributed by atoms with E-state index in [1.807, 2.05) is 26.1 Å². The van der Waals surface area contributed by atoms with Gasteiger partial charge < -0.3 is 19.7 Å². The summed E-state index contributed by atoms with van der Waals surface area (Å²) in [5, 5.41) is 3.31. The Morgan fingerprint density at radius 2 is 1.74 bits per heavy atom. The minimum absolute atomic E-state index is 0.0257. The van der Waals surface area contributed by atoms with Crippen LogP contribution in [0.3, 0.4) is 0 Å². The molecule has 1 N–H and O–H groups in total. The third kappa shape index (κ3) is 3.77. The van der Waals surface area contributed by atoms with Crippen molar-refractivity contribution in [2.75, 3.05) is 39.8 Å². The highest BCUT2D eigenvalue weighted by atomic mass is 16.5. The van der Waals surface area contributed by atoms with Crippen LogP contribution in [0.1, 0.15) is 19.4 Å². The fraction of sp³-hybridized carbons (Fsp3) is 0.600. The highest BCUT2D eigenvalue weighted by molar-refractivity contribution is 5.63. The molecule has 0 aromatic heterocycles. The van der Waals surface area contributed by atoms with Crippen molar-refractivity contribution in [2.45, 2.75) is 26.3 Å². The van der Waals surface area contributed by atoms with Crippen LogP contribution in [-0.2, 0) is 0 Å². The van der Waals surface area contributed by atoms with E-state index < -0.39 is 0 Å². The minimum Gasteiger partial charge on any atom is -0.496 e. The maximum absolute atomic E-state index is 5.48. The molecule has 0 saturated heterocycles. The van der Waals surface area contributed by atoms with Gasteiger partial charge in [0, 0.05) is 25.2 Å². The third-order valence-electron chi connectivity index (χ3n) is 3.42. The van der Waals surface area contributed by atoms with Gasteiger partial charge in [-0.05, 0) is 39.4 Å². The number of benzene rings is 1. The topological polar surface area (TPSA) is 33.7 Å². The number of nitrogens with zero attached hydrogens (tertiary/aromatic N) is 1. The summed E-state index contributed by atoms with van der Waals surface area (Å²) in [5.41, 5.74) is 2.13. The molecule has 0 fully saturated rings. The number of ether oxygens (including phenoxy) is 2. The van der Waals surface area contributed by atoms with E-state index in [0.717, 1.165) is 29.3 Å². The van der Waals surface area contributed by atoms with Gasteiger partial charge >= 0.3 is 0 Å². The first kappa shape index (κ1) is 15.6. The van der Waals surface area contributed by atoms with Crippen molar-refractivity contribution in [3.05, 3.63) is 17.7 Å². The predicted molar refractivity (Wildman–Crippen MR) is 80.7 cm³/mol. The van der Waals surface area contributed by atoms with Gasteiger partial charge in [-0.1, -0.05) is 0 Å². The molecule has 1 aromatic rings. The van der Waals surface area contributed by atoms with Gasteiger partial charge in [0.05, 0.1) is 19.9 Å². The molecule has 0 saturated carbocycles. The molecule has 0 aliphatic rings. The van der Waals surface area contributed by atoms with E-state index in [2.05, 4.69) is 31.1 Å². The Bertz CT molecular complexity index is 430. The standard InChI is InChI=1S/C15H26N2O2/c1-11-8-14(19-7)12(9-13(11)18-6)17(5)10-15(2,3)16-4/h8-9,16H,10H2,1-7H3. The summed E-state index contributed by atoms with van der Waals surface area (Å²) in [6.45, 7) is 7.22. The molecule has 0 heterocycles. The third-order valence-corrected chi connectivity index (χ3v) is 3.42. The maximum atomic E-state index is 5.48. The predicted octanol–water partition coefficient (Wildman–Crippen LogP) is 2.45. The molecule has 19 heavy (non-hydrogen) atoms. The van der Waals surface area contributed by atoms with Crippen molar-refractivity contribution in [2.24, 2.45) is 0 Å². The largest absolute Gasteiger partial charge is 0.496 e. The number of anilines is 1. The second-order valence-electron chi connectivity index (χ2n) is 5.48. The van der Waals surface area contributed by atoms with Crippen LogP contribution in [0.2, 0.25) is 0 Å². The molecule has 4 nitrogen and oxygen atoms in total. The Hall–Kier alpha value is -1.42. The van der Waals surface area contributed by atoms with E-state index in [0.29, 0.717) is 0 Å². The second kappa shape index (κ2) is 6.15. The van der Waals surface area contributed by atoms with E-state index in [-0.39, 0.29) is 5.54 Å². The van der Waals surface area contributed by atoms with Crippen LogP contribution in [0.15, 0.2) is 12.1 Å². The van der Waals surface area contributed by atoms with Gasteiger partial charge in [0.15, 0.2) is 0 Å². The number of hydrogen-bond acceptors (Lipinski definition) is 4. The minimum atomic E-state index is 0.0257. The van der Waals surface area contributed by atoms with Crippen molar-refractivity contribution in [1.82, 2.24) is 5.32 Å². The van der Waals surface area contributed by atoms with Gasteiger partial charge in [0.2, 0.25) is 0 Å². The molecule has 0 aliphatic heterocycles. The lowest BCUT2D eigenvalue weighted by Gasteiger charge is -2.32. The summed E-state index contributed by atoms with van der Waals surface area (Å²) in [6.07, 6.45) is 0. The number of rotatable bonds is 6.